The van der Waals surface area contributed by atoms with Crippen LogP contribution >= 0.6 is 0 Å². The van der Waals surface area contributed by atoms with Crippen LogP contribution in [-0.4, -0.2) is 12.4 Å². The number of fused-ring (bicyclic) bond motifs is 1. The molecule has 2 aromatic rings. The van der Waals surface area contributed by atoms with E-state index < -0.39 is 0 Å². The van der Waals surface area contributed by atoms with Crippen LogP contribution in [0.15, 0.2) is 48.5 Å². The fourth-order valence-electron chi connectivity index (χ4n) is 3.50. The molecular formula is C21H24O2. The van der Waals surface area contributed by atoms with Gasteiger partial charge in [0.1, 0.15) is 0 Å². The van der Waals surface area contributed by atoms with E-state index in [4.69, 9.17) is 4.74 Å². The Bertz CT molecular complexity index is 690. The molecule has 0 spiro atoms. The molecule has 0 aliphatic heterocycles. The third-order valence-electron chi connectivity index (χ3n) is 4.81. The molecule has 2 aromatic carbocycles. The van der Waals surface area contributed by atoms with Gasteiger partial charge in [0.15, 0.2) is 5.78 Å². The second-order valence-corrected chi connectivity index (χ2v) is 6.85. The van der Waals surface area contributed by atoms with Crippen molar-refractivity contribution in [3.05, 3.63) is 70.8 Å². The highest BCUT2D eigenvalue weighted by molar-refractivity contribution is 6.02. The Morgan fingerprint density at radius 3 is 2.70 bits per heavy atom. The fourth-order valence-corrected chi connectivity index (χ4v) is 3.50. The molecule has 120 valence electrons. The summed E-state index contributed by atoms with van der Waals surface area (Å²) in [6, 6.07) is 16.4. The Morgan fingerprint density at radius 2 is 1.91 bits per heavy atom. The molecule has 0 saturated heterocycles. The first-order chi connectivity index (χ1) is 11.1. The molecule has 0 radical (unpaired) electrons. The van der Waals surface area contributed by atoms with Crippen LogP contribution in [0.4, 0.5) is 0 Å². The minimum absolute atomic E-state index is 0.0332. The summed E-state index contributed by atoms with van der Waals surface area (Å²) >= 11 is 0. The molecule has 2 nitrogen and oxygen atoms in total. The SMILES string of the molecule is Cc1ccc2c(c1)[C@@](C)(CCCOCc1ccccc1)CC2=O. The summed E-state index contributed by atoms with van der Waals surface area (Å²) in [7, 11) is 0. The molecule has 0 fully saturated rings. The smallest absolute Gasteiger partial charge is 0.164 e. The van der Waals surface area contributed by atoms with Crippen molar-refractivity contribution < 1.29 is 9.53 Å². The van der Waals surface area contributed by atoms with E-state index in [9.17, 15) is 4.79 Å². The van der Waals surface area contributed by atoms with Crippen LogP contribution in [0.3, 0.4) is 0 Å². The zero-order valence-electron chi connectivity index (χ0n) is 14.0. The van der Waals surface area contributed by atoms with Gasteiger partial charge in [-0.1, -0.05) is 61.0 Å². The quantitative estimate of drug-likeness (QED) is 0.714. The number of benzene rings is 2. The van der Waals surface area contributed by atoms with E-state index in [1.165, 1.54) is 16.7 Å². The molecule has 1 aliphatic carbocycles. The van der Waals surface area contributed by atoms with Crippen LogP contribution in [0, 0.1) is 6.92 Å². The minimum Gasteiger partial charge on any atom is -0.377 e. The Morgan fingerprint density at radius 1 is 1.13 bits per heavy atom. The largest absolute Gasteiger partial charge is 0.377 e. The fraction of sp³-hybridized carbons (Fsp3) is 0.381. The number of ketones is 1. The zero-order chi connectivity index (χ0) is 16.3. The number of Topliss-reactive ketones (excluding diaryl/α,β-unsaturated/α-hetero) is 1. The van der Waals surface area contributed by atoms with Gasteiger partial charge in [0.2, 0.25) is 0 Å². The van der Waals surface area contributed by atoms with Gasteiger partial charge in [-0.2, -0.15) is 0 Å². The van der Waals surface area contributed by atoms with E-state index in [0.29, 0.717) is 13.0 Å². The highest BCUT2D eigenvalue weighted by Gasteiger charge is 2.38. The third-order valence-corrected chi connectivity index (χ3v) is 4.81. The molecular weight excluding hydrogens is 284 g/mol. The molecule has 0 unspecified atom stereocenters. The van der Waals surface area contributed by atoms with Crippen LogP contribution in [0.25, 0.3) is 0 Å². The number of carbonyl (C=O) groups excluding carboxylic acids is 1. The third kappa shape index (κ3) is 3.53. The number of aryl methyl sites for hydroxylation is 1. The first-order valence-corrected chi connectivity index (χ1v) is 8.34. The maximum Gasteiger partial charge on any atom is 0.164 e. The number of carbonyl (C=O) groups is 1. The maximum absolute atomic E-state index is 12.2. The van der Waals surface area contributed by atoms with E-state index in [0.717, 1.165) is 25.0 Å². The van der Waals surface area contributed by atoms with Gasteiger partial charge in [0, 0.05) is 24.0 Å². The average molecular weight is 308 g/mol. The normalized spacial score (nSPS) is 19.8. The van der Waals surface area contributed by atoms with Crippen LogP contribution < -0.4 is 0 Å². The van der Waals surface area contributed by atoms with E-state index in [1.54, 1.807) is 0 Å². The van der Waals surface area contributed by atoms with E-state index in [-0.39, 0.29) is 11.2 Å². The Hall–Kier alpha value is -1.93. The van der Waals surface area contributed by atoms with Gasteiger partial charge in [-0.3, -0.25) is 4.79 Å². The molecule has 23 heavy (non-hydrogen) atoms. The second-order valence-electron chi connectivity index (χ2n) is 6.85. The molecule has 0 aromatic heterocycles. The average Bonchev–Trinajstić information content (AvgIpc) is 2.79. The Balaban J connectivity index is 1.55. The molecule has 1 aliphatic rings. The van der Waals surface area contributed by atoms with Gasteiger partial charge in [-0.05, 0) is 30.9 Å². The molecule has 0 N–H and O–H groups in total. The standard InChI is InChI=1S/C21H24O2/c1-16-9-10-18-19(13-16)21(2,14-20(18)22)11-6-12-23-15-17-7-4-3-5-8-17/h3-5,7-10,13H,6,11-12,14-15H2,1-2H3/t21-/m0/s1. The van der Waals surface area contributed by atoms with Gasteiger partial charge in [-0.15, -0.1) is 0 Å². The van der Waals surface area contributed by atoms with Crippen molar-refractivity contribution in [2.45, 2.75) is 45.1 Å². The van der Waals surface area contributed by atoms with Gasteiger partial charge < -0.3 is 4.74 Å². The molecule has 0 amide bonds. The number of hydrogen-bond donors (Lipinski definition) is 0. The van der Waals surface area contributed by atoms with Gasteiger partial charge in [0.05, 0.1) is 6.61 Å². The molecule has 0 bridgehead atoms. The molecule has 0 heterocycles. The van der Waals surface area contributed by atoms with Crippen molar-refractivity contribution >= 4 is 5.78 Å². The number of hydrogen-bond acceptors (Lipinski definition) is 2. The maximum atomic E-state index is 12.2. The molecule has 2 heteroatoms. The van der Waals surface area contributed by atoms with Crippen molar-refractivity contribution in [1.29, 1.82) is 0 Å². The summed E-state index contributed by atoms with van der Waals surface area (Å²) in [5.74, 6) is 0.285. The molecule has 3 rings (SSSR count). The number of rotatable bonds is 6. The summed E-state index contributed by atoms with van der Waals surface area (Å²) < 4.78 is 5.78. The summed E-state index contributed by atoms with van der Waals surface area (Å²) in [5, 5.41) is 0. The monoisotopic (exact) mass is 308 g/mol. The Labute approximate surface area is 138 Å². The highest BCUT2D eigenvalue weighted by atomic mass is 16.5. The molecule has 0 saturated carbocycles. The lowest BCUT2D eigenvalue weighted by molar-refractivity contribution is 0.0957. The van der Waals surface area contributed by atoms with Crippen molar-refractivity contribution in [3.63, 3.8) is 0 Å². The first-order valence-electron chi connectivity index (χ1n) is 8.34. The summed E-state index contributed by atoms with van der Waals surface area (Å²) in [6.07, 6.45) is 2.60. The van der Waals surface area contributed by atoms with Gasteiger partial charge in [-0.25, -0.2) is 0 Å². The summed E-state index contributed by atoms with van der Waals surface area (Å²) in [5.41, 5.74) is 4.55. The number of ether oxygens (including phenoxy) is 1. The van der Waals surface area contributed by atoms with Gasteiger partial charge in [0.25, 0.3) is 0 Å². The van der Waals surface area contributed by atoms with Crippen molar-refractivity contribution in [3.8, 4) is 0 Å². The van der Waals surface area contributed by atoms with Gasteiger partial charge >= 0.3 is 0 Å². The topological polar surface area (TPSA) is 26.3 Å². The van der Waals surface area contributed by atoms with Crippen LogP contribution in [0.5, 0.6) is 0 Å². The predicted octanol–water partition coefficient (Wildman–Crippen LogP) is 4.84. The lowest BCUT2D eigenvalue weighted by atomic mass is 9.79. The van der Waals surface area contributed by atoms with E-state index in [1.807, 2.05) is 30.3 Å². The Kier molecular flexibility index (Phi) is 4.63. The van der Waals surface area contributed by atoms with Crippen molar-refractivity contribution in [2.24, 2.45) is 0 Å². The predicted molar refractivity (Wildman–Crippen MR) is 92.8 cm³/mol. The van der Waals surface area contributed by atoms with Crippen LogP contribution in [-0.2, 0) is 16.8 Å². The summed E-state index contributed by atoms with van der Waals surface area (Å²) in [4.78, 5) is 12.2. The van der Waals surface area contributed by atoms with Crippen LogP contribution in [0.2, 0.25) is 0 Å². The van der Waals surface area contributed by atoms with Crippen molar-refractivity contribution in [1.82, 2.24) is 0 Å². The van der Waals surface area contributed by atoms with E-state index in [2.05, 4.69) is 32.0 Å². The van der Waals surface area contributed by atoms with E-state index >= 15 is 0 Å². The first kappa shape index (κ1) is 15.9. The summed E-state index contributed by atoms with van der Waals surface area (Å²) in [6.45, 7) is 5.70. The second kappa shape index (κ2) is 6.67. The lowest BCUT2D eigenvalue weighted by Gasteiger charge is -2.25. The zero-order valence-corrected chi connectivity index (χ0v) is 14.0. The highest BCUT2D eigenvalue weighted by Crippen LogP contribution is 2.42. The van der Waals surface area contributed by atoms with Crippen molar-refractivity contribution in [2.75, 3.05) is 6.61 Å². The lowest BCUT2D eigenvalue weighted by Crippen LogP contribution is -2.19. The minimum atomic E-state index is -0.0332. The van der Waals surface area contributed by atoms with Crippen LogP contribution in [0.1, 0.15) is 53.2 Å². The molecule has 1 atom stereocenters.